The standard InChI is InChI=1S/C59H92O6/c1-4-7-10-13-16-19-22-25-27-29-30-31-33-34-37-40-43-46-49-52-58(61)64-55-56(54-63-57(60)51-48-45-42-39-36-24-21-18-15-12-9-6-3)65-59(62)53-50-47-44-41-38-35-32-28-26-23-20-17-14-11-8-5-2/h7-8,10-11,13,16-22,25-31,33-34,37,56H,4-6,9,12,14-15,23-24,32,35-36,38-55H2,1-3H3/b10-7-,11-8-,16-13-,20-17-,21-18-,22-19-,27-25-,28-26-,30-29+,33-31-,37-34-. The molecular weight excluding hydrogens is 805 g/mol. The zero-order valence-electron chi connectivity index (χ0n) is 41.4. The number of hydrogen-bond donors (Lipinski definition) is 0. The fourth-order valence-electron chi connectivity index (χ4n) is 6.49. The molecule has 0 saturated carbocycles. The summed E-state index contributed by atoms with van der Waals surface area (Å²) in [5.74, 6) is -0.986. The van der Waals surface area contributed by atoms with Gasteiger partial charge in [0.2, 0.25) is 0 Å². The molecule has 1 atom stereocenters. The highest BCUT2D eigenvalue weighted by Gasteiger charge is 2.19. The van der Waals surface area contributed by atoms with Gasteiger partial charge in [-0.2, -0.15) is 0 Å². The second-order valence-corrected chi connectivity index (χ2v) is 16.5. The SMILES string of the molecule is CC\C=C/C=C\C=C/C=C\C=C\C=C/C=C\CCCCCC(=O)OCC(COC(=O)CCCCCCC/C=C\CCCCC)OC(=O)CCCCCCCC/C=C\C/C=C\C/C=C\CC. The number of esters is 3. The first kappa shape index (κ1) is 60.5. The van der Waals surface area contributed by atoms with Crippen LogP contribution in [0.2, 0.25) is 0 Å². The van der Waals surface area contributed by atoms with E-state index in [2.05, 4.69) is 81.5 Å². The van der Waals surface area contributed by atoms with Gasteiger partial charge < -0.3 is 14.2 Å². The van der Waals surface area contributed by atoms with Crippen molar-refractivity contribution in [1.82, 2.24) is 0 Å². The molecule has 0 spiro atoms. The molecule has 0 rings (SSSR count). The highest BCUT2D eigenvalue weighted by Crippen LogP contribution is 2.13. The van der Waals surface area contributed by atoms with Crippen molar-refractivity contribution < 1.29 is 28.6 Å². The third-order valence-corrected chi connectivity index (χ3v) is 10.3. The average Bonchev–Trinajstić information content (AvgIpc) is 3.30. The van der Waals surface area contributed by atoms with Gasteiger partial charge in [-0.3, -0.25) is 14.4 Å². The molecule has 0 aromatic rings. The Labute approximate surface area is 398 Å². The van der Waals surface area contributed by atoms with Gasteiger partial charge in [0.05, 0.1) is 0 Å². The van der Waals surface area contributed by atoms with Gasteiger partial charge in [-0.1, -0.05) is 219 Å². The number of carbonyl (C=O) groups is 3. The van der Waals surface area contributed by atoms with Gasteiger partial charge in [-0.05, 0) is 96.3 Å². The average molecular weight is 897 g/mol. The minimum atomic E-state index is -0.812. The first-order chi connectivity index (χ1) is 32.0. The summed E-state index contributed by atoms with van der Waals surface area (Å²) >= 11 is 0. The van der Waals surface area contributed by atoms with E-state index in [1.807, 2.05) is 72.9 Å². The predicted octanol–water partition coefficient (Wildman–Crippen LogP) is 17.1. The van der Waals surface area contributed by atoms with Gasteiger partial charge in [0.15, 0.2) is 6.10 Å². The van der Waals surface area contributed by atoms with Crippen molar-refractivity contribution in [1.29, 1.82) is 0 Å². The van der Waals surface area contributed by atoms with E-state index in [1.165, 1.54) is 44.9 Å². The van der Waals surface area contributed by atoms with Crippen LogP contribution in [0.4, 0.5) is 0 Å². The number of rotatable bonds is 44. The summed E-state index contributed by atoms with van der Waals surface area (Å²) in [5.41, 5.74) is 0. The topological polar surface area (TPSA) is 78.9 Å². The van der Waals surface area contributed by atoms with Gasteiger partial charge in [-0.15, -0.1) is 0 Å². The number of carbonyl (C=O) groups excluding carboxylic acids is 3. The lowest BCUT2D eigenvalue weighted by Crippen LogP contribution is -2.30. The van der Waals surface area contributed by atoms with Gasteiger partial charge in [-0.25, -0.2) is 0 Å². The van der Waals surface area contributed by atoms with Gasteiger partial charge in [0, 0.05) is 19.3 Å². The third kappa shape index (κ3) is 50.4. The predicted molar refractivity (Wildman–Crippen MR) is 279 cm³/mol. The number of ether oxygens (including phenoxy) is 3. The van der Waals surface area contributed by atoms with Crippen LogP contribution in [-0.2, 0) is 28.6 Å². The lowest BCUT2D eigenvalue weighted by atomic mass is 10.1. The zero-order valence-corrected chi connectivity index (χ0v) is 41.4. The zero-order chi connectivity index (χ0) is 47.2. The molecule has 6 heteroatoms. The second-order valence-electron chi connectivity index (χ2n) is 16.5. The molecule has 6 nitrogen and oxygen atoms in total. The van der Waals surface area contributed by atoms with Crippen LogP contribution in [0, 0.1) is 0 Å². The molecule has 0 radical (unpaired) electrons. The van der Waals surface area contributed by atoms with E-state index in [1.54, 1.807) is 0 Å². The van der Waals surface area contributed by atoms with Crippen molar-refractivity contribution >= 4 is 17.9 Å². The highest BCUT2D eigenvalue weighted by atomic mass is 16.6. The van der Waals surface area contributed by atoms with E-state index >= 15 is 0 Å². The Morgan fingerprint density at radius 3 is 1.15 bits per heavy atom. The maximum absolute atomic E-state index is 12.8. The third-order valence-electron chi connectivity index (χ3n) is 10.3. The molecule has 0 aromatic heterocycles. The second kappa shape index (κ2) is 52.2. The minimum Gasteiger partial charge on any atom is -0.462 e. The van der Waals surface area contributed by atoms with Crippen molar-refractivity contribution in [2.45, 2.75) is 207 Å². The molecule has 0 aliphatic heterocycles. The molecule has 0 bridgehead atoms. The molecule has 0 N–H and O–H groups in total. The molecule has 0 aliphatic rings. The fraction of sp³-hybridized carbons (Fsp3) is 0.576. The summed E-state index contributed by atoms with van der Waals surface area (Å²) < 4.78 is 16.7. The Kier molecular flexibility index (Phi) is 48.6. The Morgan fingerprint density at radius 2 is 0.677 bits per heavy atom. The summed E-state index contributed by atoms with van der Waals surface area (Å²) in [6.07, 6.45) is 72.8. The number of allylic oxidation sites excluding steroid dienone is 22. The van der Waals surface area contributed by atoms with E-state index in [0.29, 0.717) is 19.3 Å². The van der Waals surface area contributed by atoms with Crippen molar-refractivity contribution in [3.8, 4) is 0 Å². The van der Waals surface area contributed by atoms with Crippen molar-refractivity contribution in [3.63, 3.8) is 0 Å². The Balaban J connectivity index is 4.54. The van der Waals surface area contributed by atoms with Crippen molar-refractivity contribution in [2.75, 3.05) is 13.2 Å². The van der Waals surface area contributed by atoms with E-state index in [9.17, 15) is 14.4 Å². The molecule has 0 heterocycles. The molecule has 0 fully saturated rings. The van der Waals surface area contributed by atoms with Gasteiger partial charge in [0.25, 0.3) is 0 Å². The maximum atomic E-state index is 12.8. The molecule has 0 aromatic carbocycles. The van der Waals surface area contributed by atoms with Crippen LogP contribution < -0.4 is 0 Å². The van der Waals surface area contributed by atoms with Crippen molar-refractivity contribution in [2.24, 2.45) is 0 Å². The quantitative estimate of drug-likeness (QED) is 0.0199. The van der Waals surface area contributed by atoms with Crippen LogP contribution in [0.5, 0.6) is 0 Å². The van der Waals surface area contributed by atoms with Crippen molar-refractivity contribution in [3.05, 3.63) is 134 Å². The maximum Gasteiger partial charge on any atom is 0.306 e. The van der Waals surface area contributed by atoms with Crippen LogP contribution in [0.1, 0.15) is 201 Å². The molecule has 1 unspecified atom stereocenters. The van der Waals surface area contributed by atoms with Crippen LogP contribution >= 0.6 is 0 Å². The number of hydrogen-bond acceptors (Lipinski definition) is 6. The lowest BCUT2D eigenvalue weighted by Gasteiger charge is -2.18. The van der Waals surface area contributed by atoms with Crippen LogP contribution in [0.25, 0.3) is 0 Å². The largest absolute Gasteiger partial charge is 0.462 e. The highest BCUT2D eigenvalue weighted by molar-refractivity contribution is 5.71. The molecule has 65 heavy (non-hydrogen) atoms. The summed E-state index contributed by atoms with van der Waals surface area (Å²) in [7, 11) is 0. The van der Waals surface area contributed by atoms with Gasteiger partial charge in [0.1, 0.15) is 13.2 Å². The number of unbranched alkanes of at least 4 members (excludes halogenated alkanes) is 17. The monoisotopic (exact) mass is 897 g/mol. The van der Waals surface area contributed by atoms with E-state index < -0.39 is 6.10 Å². The van der Waals surface area contributed by atoms with E-state index in [-0.39, 0.29) is 31.1 Å². The normalized spacial score (nSPS) is 13.2. The molecule has 364 valence electrons. The smallest absolute Gasteiger partial charge is 0.306 e. The van der Waals surface area contributed by atoms with Crippen LogP contribution in [-0.4, -0.2) is 37.2 Å². The fourth-order valence-corrected chi connectivity index (χ4v) is 6.49. The summed E-state index contributed by atoms with van der Waals surface area (Å²) in [4.78, 5) is 38.0. The molecule has 0 amide bonds. The first-order valence-electron chi connectivity index (χ1n) is 25.8. The summed E-state index contributed by atoms with van der Waals surface area (Å²) in [6.45, 7) is 6.28. The molecule has 0 aliphatic carbocycles. The van der Waals surface area contributed by atoms with Crippen LogP contribution in [0.15, 0.2) is 134 Å². The Hall–Kier alpha value is -4.45. The summed E-state index contributed by atoms with van der Waals surface area (Å²) in [6, 6.07) is 0. The first-order valence-corrected chi connectivity index (χ1v) is 25.8. The van der Waals surface area contributed by atoms with E-state index in [0.717, 1.165) is 116 Å². The Morgan fingerprint density at radius 1 is 0.338 bits per heavy atom. The minimum absolute atomic E-state index is 0.108. The van der Waals surface area contributed by atoms with E-state index in [4.69, 9.17) is 14.2 Å². The van der Waals surface area contributed by atoms with Crippen LogP contribution in [0.3, 0.4) is 0 Å². The Bertz CT molecular complexity index is 1450. The molecule has 0 saturated heterocycles. The molecular formula is C59H92O6. The van der Waals surface area contributed by atoms with Gasteiger partial charge >= 0.3 is 17.9 Å². The summed E-state index contributed by atoms with van der Waals surface area (Å²) in [5, 5.41) is 0. The lowest BCUT2D eigenvalue weighted by molar-refractivity contribution is -0.167.